The predicted molar refractivity (Wildman–Crippen MR) is 209 cm³/mol. The van der Waals surface area contributed by atoms with Crippen LogP contribution in [-0.4, -0.2) is 4.57 Å². The van der Waals surface area contributed by atoms with E-state index in [1.165, 1.54) is 77.4 Å². The van der Waals surface area contributed by atoms with Gasteiger partial charge in [-0.15, -0.1) is 0 Å². The van der Waals surface area contributed by atoms with E-state index in [2.05, 4.69) is 205 Å². The lowest BCUT2D eigenvalue weighted by Crippen LogP contribution is -2.28. The highest BCUT2D eigenvalue weighted by Gasteiger charge is 2.47. The van der Waals surface area contributed by atoms with Crippen LogP contribution in [0, 0.1) is 0 Å². The van der Waals surface area contributed by atoms with Gasteiger partial charge in [-0.25, -0.2) is 0 Å². The van der Waals surface area contributed by atoms with Crippen LogP contribution >= 0.6 is 0 Å². The van der Waals surface area contributed by atoms with Crippen molar-refractivity contribution in [1.82, 2.24) is 4.57 Å². The van der Waals surface area contributed by atoms with Gasteiger partial charge >= 0.3 is 0 Å². The van der Waals surface area contributed by atoms with Crippen molar-refractivity contribution in [2.45, 2.75) is 5.41 Å². The molecule has 0 saturated carbocycles. The Balaban J connectivity index is 1.36. The lowest BCUT2D eigenvalue weighted by molar-refractivity contribution is 0.776. The maximum Gasteiger partial charge on any atom is 0.0720 e. The topological polar surface area (TPSA) is 4.93 Å². The largest absolute Gasteiger partial charge is 0.309 e. The average Bonchev–Trinajstić information content (AvgIpc) is 3.70. The van der Waals surface area contributed by atoms with Crippen molar-refractivity contribution in [2.75, 3.05) is 0 Å². The number of rotatable bonds is 5. The summed E-state index contributed by atoms with van der Waals surface area (Å²) in [6.45, 7) is 0. The van der Waals surface area contributed by atoms with Crippen LogP contribution in [0.25, 0.3) is 60.9 Å². The number of hydrogen-bond acceptors (Lipinski definition) is 0. The second kappa shape index (κ2) is 11.3. The Morgan fingerprint density at radius 2 is 0.880 bits per heavy atom. The molecule has 0 bridgehead atoms. The number of aromatic nitrogens is 1. The molecule has 0 radical (unpaired) electrons. The van der Waals surface area contributed by atoms with Gasteiger partial charge in [-0.1, -0.05) is 170 Å². The fourth-order valence-electron chi connectivity index (χ4n) is 8.61. The molecule has 8 aromatic carbocycles. The van der Waals surface area contributed by atoms with Crippen LogP contribution in [0.2, 0.25) is 0 Å². The quantitative estimate of drug-likeness (QED) is 0.177. The maximum absolute atomic E-state index is 2.49. The van der Waals surface area contributed by atoms with E-state index in [9.17, 15) is 0 Å². The Hall–Kier alpha value is -6.44. The van der Waals surface area contributed by atoms with Crippen LogP contribution in [0.1, 0.15) is 22.3 Å². The fourth-order valence-corrected chi connectivity index (χ4v) is 8.61. The zero-order valence-electron chi connectivity index (χ0n) is 27.5. The van der Waals surface area contributed by atoms with Crippen molar-refractivity contribution < 1.29 is 0 Å². The minimum atomic E-state index is -0.496. The summed E-state index contributed by atoms with van der Waals surface area (Å²) in [5.41, 5.74) is 15.7. The first-order chi connectivity index (χ1) is 24.8. The molecule has 10 rings (SSSR count). The number of fused-ring (bicyclic) bond motifs is 7. The standard InChI is InChI=1S/C49H33N/c1-5-17-34(18-6-1)36-31-37(35-19-7-2-8-20-35)33-40(32-36)50-45-28-16-14-26-43(45)47-46(50)30-29-42-41-25-13-15-27-44(41)49(48(42)47,38-21-9-3-10-22-38)39-23-11-4-12-24-39/h1-33H. The van der Waals surface area contributed by atoms with Crippen LogP contribution in [0.5, 0.6) is 0 Å². The van der Waals surface area contributed by atoms with Crippen LogP contribution in [-0.2, 0) is 5.41 Å². The molecule has 0 unspecified atom stereocenters. The van der Waals surface area contributed by atoms with E-state index in [-0.39, 0.29) is 0 Å². The van der Waals surface area contributed by atoms with Gasteiger partial charge in [0.05, 0.1) is 16.4 Å². The van der Waals surface area contributed by atoms with Gasteiger partial charge in [0.25, 0.3) is 0 Å². The van der Waals surface area contributed by atoms with Gasteiger partial charge in [0.15, 0.2) is 0 Å². The Morgan fingerprint density at radius 3 is 1.50 bits per heavy atom. The molecule has 1 aliphatic rings. The van der Waals surface area contributed by atoms with E-state index in [1.54, 1.807) is 0 Å². The van der Waals surface area contributed by atoms with Gasteiger partial charge in [-0.3, -0.25) is 0 Å². The Kier molecular flexibility index (Phi) is 6.47. The molecule has 1 aliphatic carbocycles. The molecular weight excluding hydrogens is 603 g/mol. The Morgan fingerprint density at radius 1 is 0.360 bits per heavy atom. The number of benzene rings is 8. The van der Waals surface area contributed by atoms with Crippen LogP contribution in [0.3, 0.4) is 0 Å². The van der Waals surface area contributed by atoms with Crippen molar-refractivity contribution in [3.05, 3.63) is 222 Å². The summed E-state index contributed by atoms with van der Waals surface area (Å²) in [5, 5.41) is 2.56. The highest BCUT2D eigenvalue weighted by atomic mass is 15.0. The summed E-state index contributed by atoms with van der Waals surface area (Å²) in [4.78, 5) is 0. The molecule has 0 fully saturated rings. The molecule has 9 aromatic rings. The monoisotopic (exact) mass is 635 g/mol. The lowest BCUT2D eigenvalue weighted by Gasteiger charge is -2.34. The van der Waals surface area contributed by atoms with Crippen LogP contribution in [0.4, 0.5) is 0 Å². The first-order valence-corrected chi connectivity index (χ1v) is 17.4. The smallest absolute Gasteiger partial charge is 0.0720 e. The summed E-state index contributed by atoms with van der Waals surface area (Å²) in [6, 6.07) is 73.5. The highest BCUT2D eigenvalue weighted by molar-refractivity contribution is 6.15. The molecule has 1 heteroatoms. The van der Waals surface area contributed by atoms with Gasteiger partial charge in [-0.2, -0.15) is 0 Å². The van der Waals surface area contributed by atoms with E-state index >= 15 is 0 Å². The molecule has 0 N–H and O–H groups in total. The summed E-state index contributed by atoms with van der Waals surface area (Å²) in [7, 11) is 0. The maximum atomic E-state index is 2.49. The number of nitrogens with zero attached hydrogens (tertiary/aromatic N) is 1. The second-order valence-corrected chi connectivity index (χ2v) is 13.3. The van der Waals surface area contributed by atoms with Crippen LogP contribution < -0.4 is 0 Å². The summed E-state index contributed by atoms with van der Waals surface area (Å²) >= 11 is 0. The third-order valence-corrected chi connectivity index (χ3v) is 10.6. The lowest BCUT2D eigenvalue weighted by atomic mass is 9.67. The van der Waals surface area contributed by atoms with E-state index in [4.69, 9.17) is 0 Å². The fraction of sp³-hybridized carbons (Fsp3) is 0.0204. The molecule has 0 saturated heterocycles. The highest BCUT2D eigenvalue weighted by Crippen LogP contribution is 2.59. The molecular formula is C49H33N. The average molecular weight is 636 g/mol. The molecule has 0 amide bonds. The van der Waals surface area contributed by atoms with Crippen LogP contribution in [0.15, 0.2) is 200 Å². The van der Waals surface area contributed by atoms with Gasteiger partial charge in [0.1, 0.15) is 0 Å². The molecule has 0 atom stereocenters. The van der Waals surface area contributed by atoms with Crippen molar-refractivity contribution in [3.8, 4) is 39.1 Å². The zero-order valence-corrected chi connectivity index (χ0v) is 27.5. The van der Waals surface area contributed by atoms with Gasteiger partial charge in [0, 0.05) is 16.5 Å². The molecule has 234 valence electrons. The Labute approximate surface area is 292 Å². The van der Waals surface area contributed by atoms with Gasteiger partial charge in [-0.05, 0) is 86.0 Å². The molecule has 0 spiro atoms. The molecule has 1 nitrogen and oxygen atoms in total. The van der Waals surface area contributed by atoms with Gasteiger partial charge < -0.3 is 4.57 Å². The molecule has 1 heterocycles. The minimum absolute atomic E-state index is 0.496. The Bertz CT molecular complexity index is 2570. The molecule has 50 heavy (non-hydrogen) atoms. The summed E-state index contributed by atoms with van der Waals surface area (Å²) < 4.78 is 2.49. The van der Waals surface area contributed by atoms with E-state index in [0.717, 1.165) is 5.69 Å². The van der Waals surface area contributed by atoms with Gasteiger partial charge in [0.2, 0.25) is 0 Å². The normalized spacial score (nSPS) is 13.0. The first kappa shape index (κ1) is 28.6. The zero-order chi connectivity index (χ0) is 33.1. The molecule has 0 aliphatic heterocycles. The number of hydrogen-bond donors (Lipinski definition) is 0. The van der Waals surface area contributed by atoms with E-state index < -0.39 is 5.41 Å². The van der Waals surface area contributed by atoms with Crippen molar-refractivity contribution >= 4 is 21.8 Å². The van der Waals surface area contributed by atoms with Crippen molar-refractivity contribution in [2.24, 2.45) is 0 Å². The SMILES string of the molecule is c1ccc(-c2cc(-c3ccccc3)cc(-n3c4ccccc4c4c5c(ccc43)-c3ccccc3C5(c3ccccc3)c3ccccc3)c2)cc1. The third kappa shape index (κ3) is 4.14. The number of para-hydroxylation sites is 1. The third-order valence-electron chi connectivity index (χ3n) is 10.6. The summed E-state index contributed by atoms with van der Waals surface area (Å²) in [5.74, 6) is 0. The summed E-state index contributed by atoms with van der Waals surface area (Å²) in [6.07, 6.45) is 0. The molecule has 1 aromatic heterocycles. The van der Waals surface area contributed by atoms with Crippen molar-refractivity contribution in [3.63, 3.8) is 0 Å². The predicted octanol–water partition coefficient (Wildman–Crippen LogP) is 12.5. The second-order valence-electron chi connectivity index (χ2n) is 13.3. The van der Waals surface area contributed by atoms with E-state index in [0.29, 0.717) is 0 Å². The minimum Gasteiger partial charge on any atom is -0.309 e. The first-order valence-electron chi connectivity index (χ1n) is 17.4. The van der Waals surface area contributed by atoms with E-state index in [1.807, 2.05) is 0 Å². The van der Waals surface area contributed by atoms with Crippen molar-refractivity contribution in [1.29, 1.82) is 0 Å².